The van der Waals surface area contributed by atoms with Crippen molar-refractivity contribution in [1.82, 2.24) is 10.2 Å². The highest BCUT2D eigenvalue weighted by Crippen LogP contribution is 2.32. The Morgan fingerprint density at radius 1 is 1.17 bits per heavy atom. The van der Waals surface area contributed by atoms with Gasteiger partial charge in [0, 0.05) is 24.8 Å². The van der Waals surface area contributed by atoms with E-state index in [1.54, 1.807) is 61.5 Å². The van der Waals surface area contributed by atoms with Crippen molar-refractivity contribution in [1.29, 1.82) is 0 Å². The number of carbonyl (C=O) groups excluding carboxylic acids is 3. The quantitative estimate of drug-likeness (QED) is 0.657. The summed E-state index contributed by atoms with van der Waals surface area (Å²) in [4.78, 5) is 39.8. The summed E-state index contributed by atoms with van der Waals surface area (Å²) >= 11 is 0. The molecule has 9 heteroatoms. The smallest absolute Gasteiger partial charge is 0.257 e. The lowest BCUT2D eigenvalue weighted by Crippen LogP contribution is -2.54. The summed E-state index contributed by atoms with van der Waals surface area (Å²) in [5.74, 6) is 0.446. The molecule has 3 atom stereocenters. The topological polar surface area (TPSA) is 106 Å². The monoisotopic (exact) mass is 481 g/mol. The second-order valence-electron chi connectivity index (χ2n) is 8.72. The van der Waals surface area contributed by atoms with Crippen molar-refractivity contribution in [2.24, 2.45) is 0 Å². The zero-order valence-electron chi connectivity index (χ0n) is 20.2. The third-order valence-electron chi connectivity index (χ3n) is 6.39. The number of nitrogens with one attached hydrogen (secondary N) is 2. The zero-order chi connectivity index (χ0) is 24.9. The number of hydrogen-bond acceptors (Lipinski definition) is 6. The van der Waals surface area contributed by atoms with Gasteiger partial charge < -0.3 is 29.7 Å². The number of methoxy groups -OCH3 is 1. The minimum absolute atomic E-state index is 0.0407. The zero-order valence-corrected chi connectivity index (χ0v) is 20.2. The molecule has 2 N–H and O–H groups in total. The van der Waals surface area contributed by atoms with Crippen LogP contribution in [-0.4, -0.2) is 68.2 Å². The number of carbonyl (C=O) groups is 3. The molecule has 1 saturated heterocycles. The Labute approximate surface area is 204 Å². The second-order valence-corrected chi connectivity index (χ2v) is 8.72. The van der Waals surface area contributed by atoms with E-state index in [0.29, 0.717) is 54.1 Å². The maximum atomic E-state index is 13.4. The van der Waals surface area contributed by atoms with E-state index in [2.05, 4.69) is 10.6 Å². The molecular weight excluding hydrogens is 450 g/mol. The molecule has 2 aromatic rings. The van der Waals surface area contributed by atoms with Crippen molar-refractivity contribution < 1.29 is 28.6 Å². The average Bonchev–Trinajstić information content (AvgIpc) is 2.86. The van der Waals surface area contributed by atoms with Gasteiger partial charge in [-0.2, -0.15) is 0 Å². The molecule has 9 nitrogen and oxygen atoms in total. The van der Waals surface area contributed by atoms with Gasteiger partial charge >= 0.3 is 0 Å². The van der Waals surface area contributed by atoms with Gasteiger partial charge in [0.05, 0.1) is 31.2 Å². The third-order valence-corrected chi connectivity index (χ3v) is 6.39. The Morgan fingerprint density at radius 3 is 2.77 bits per heavy atom. The van der Waals surface area contributed by atoms with Crippen LogP contribution in [0.4, 0.5) is 5.69 Å². The van der Waals surface area contributed by atoms with Gasteiger partial charge in [0.25, 0.3) is 11.8 Å². The average molecular weight is 482 g/mol. The molecule has 0 spiro atoms. The SMILES string of the molecule is CCNC(=O)C[C@H]1CC[C@H]2[C@H](COc3ccc(NC(=O)c4cccc(OC)c4)cc3C(=O)N2C)O1. The van der Waals surface area contributed by atoms with E-state index in [9.17, 15) is 14.4 Å². The van der Waals surface area contributed by atoms with Gasteiger partial charge in [-0.3, -0.25) is 14.4 Å². The van der Waals surface area contributed by atoms with Crippen LogP contribution in [-0.2, 0) is 9.53 Å². The highest BCUT2D eigenvalue weighted by Gasteiger charge is 2.39. The van der Waals surface area contributed by atoms with Crippen LogP contribution in [0, 0.1) is 0 Å². The molecule has 186 valence electrons. The van der Waals surface area contributed by atoms with Gasteiger partial charge in [-0.1, -0.05) is 6.07 Å². The number of anilines is 1. The molecule has 0 unspecified atom stereocenters. The first-order valence-corrected chi connectivity index (χ1v) is 11.8. The van der Waals surface area contributed by atoms with Crippen molar-refractivity contribution >= 4 is 23.4 Å². The van der Waals surface area contributed by atoms with E-state index < -0.39 is 0 Å². The lowest BCUT2D eigenvalue weighted by Gasteiger charge is -2.42. The van der Waals surface area contributed by atoms with E-state index in [0.717, 1.165) is 0 Å². The number of benzene rings is 2. The lowest BCUT2D eigenvalue weighted by atomic mass is 9.94. The standard InChI is InChI=1S/C26H31N3O6/c1-4-27-24(30)14-19-9-10-21-23(35-19)15-34-22-11-8-17(13-20(22)26(32)29(21)2)28-25(31)16-6-5-7-18(12-16)33-3/h5-8,11-13,19,21,23H,4,9-10,14-15H2,1-3H3,(H,27,30)(H,28,31)/t19-,21+,23+/m1/s1. The van der Waals surface area contributed by atoms with Crippen molar-refractivity contribution in [2.75, 3.05) is 32.6 Å². The van der Waals surface area contributed by atoms with Gasteiger partial charge in [0.2, 0.25) is 5.91 Å². The van der Waals surface area contributed by atoms with E-state index in [1.807, 2.05) is 6.92 Å². The predicted octanol–water partition coefficient (Wildman–Crippen LogP) is 2.85. The molecule has 0 aliphatic carbocycles. The molecule has 0 bridgehead atoms. The van der Waals surface area contributed by atoms with Crippen molar-refractivity contribution in [3.05, 3.63) is 53.6 Å². The summed E-state index contributed by atoms with van der Waals surface area (Å²) in [6.07, 6.45) is 1.14. The van der Waals surface area contributed by atoms with Crippen molar-refractivity contribution in [2.45, 2.75) is 44.4 Å². The Hall–Kier alpha value is -3.59. The Morgan fingerprint density at radius 2 is 2.00 bits per heavy atom. The number of amides is 3. The summed E-state index contributed by atoms with van der Waals surface area (Å²) in [6, 6.07) is 11.7. The summed E-state index contributed by atoms with van der Waals surface area (Å²) < 4.78 is 17.3. The van der Waals surface area contributed by atoms with Crippen LogP contribution in [0.5, 0.6) is 11.5 Å². The van der Waals surface area contributed by atoms with E-state index in [4.69, 9.17) is 14.2 Å². The molecule has 2 aliphatic heterocycles. The molecule has 2 aromatic carbocycles. The third kappa shape index (κ3) is 5.57. The molecule has 1 fully saturated rings. The molecule has 0 aromatic heterocycles. The summed E-state index contributed by atoms with van der Waals surface area (Å²) in [6.45, 7) is 2.72. The second kappa shape index (κ2) is 10.8. The van der Waals surface area contributed by atoms with Gasteiger partial charge in [-0.05, 0) is 56.2 Å². The maximum absolute atomic E-state index is 13.4. The lowest BCUT2D eigenvalue weighted by molar-refractivity contribution is -0.133. The molecule has 3 amide bonds. The van der Waals surface area contributed by atoms with Crippen LogP contribution in [0.1, 0.15) is 46.9 Å². The Balaban J connectivity index is 1.49. The van der Waals surface area contributed by atoms with Crippen LogP contribution in [0.15, 0.2) is 42.5 Å². The number of nitrogens with zero attached hydrogens (tertiary/aromatic N) is 1. The molecular formula is C26H31N3O6. The van der Waals surface area contributed by atoms with Crippen molar-refractivity contribution in [3.8, 4) is 11.5 Å². The molecule has 2 aliphatic rings. The van der Waals surface area contributed by atoms with Crippen LogP contribution in [0.25, 0.3) is 0 Å². The first-order chi connectivity index (χ1) is 16.9. The fourth-order valence-electron chi connectivity index (χ4n) is 4.55. The number of ether oxygens (including phenoxy) is 3. The van der Waals surface area contributed by atoms with Crippen LogP contribution in [0.3, 0.4) is 0 Å². The fraction of sp³-hybridized carbons (Fsp3) is 0.423. The van der Waals surface area contributed by atoms with E-state index >= 15 is 0 Å². The minimum atomic E-state index is -0.335. The van der Waals surface area contributed by atoms with Crippen LogP contribution in [0.2, 0.25) is 0 Å². The van der Waals surface area contributed by atoms with E-state index in [1.165, 1.54) is 0 Å². The predicted molar refractivity (Wildman–Crippen MR) is 130 cm³/mol. The summed E-state index contributed by atoms with van der Waals surface area (Å²) in [5.41, 5.74) is 1.31. The summed E-state index contributed by atoms with van der Waals surface area (Å²) in [5, 5.41) is 5.64. The number of likely N-dealkylation sites (N-methyl/N-ethyl adjacent to an activating group) is 1. The highest BCUT2D eigenvalue weighted by molar-refractivity contribution is 6.05. The minimum Gasteiger partial charge on any atom is -0.497 e. The van der Waals surface area contributed by atoms with Crippen LogP contribution >= 0.6 is 0 Å². The van der Waals surface area contributed by atoms with Crippen LogP contribution < -0.4 is 20.1 Å². The Bertz CT molecular complexity index is 1100. The molecule has 4 rings (SSSR count). The highest BCUT2D eigenvalue weighted by atomic mass is 16.5. The normalized spacial score (nSPS) is 21.5. The first-order valence-electron chi connectivity index (χ1n) is 11.8. The number of hydrogen-bond donors (Lipinski definition) is 2. The van der Waals surface area contributed by atoms with Gasteiger partial charge in [0.1, 0.15) is 24.2 Å². The fourth-order valence-corrected chi connectivity index (χ4v) is 4.55. The van der Waals surface area contributed by atoms with E-state index in [-0.39, 0.29) is 42.6 Å². The van der Waals surface area contributed by atoms with Gasteiger partial charge in [0.15, 0.2) is 0 Å². The molecule has 2 heterocycles. The largest absolute Gasteiger partial charge is 0.497 e. The summed E-state index contributed by atoms with van der Waals surface area (Å²) in [7, 11) is 3.30. The van der Waals surface area contributed by atoms with Gasteiger partial charge in [-0.25, -0.2) is 0 Å². The maximum Gasteiger partial charge on any atom is 0.257 e. The molecule has 35 heavy (non-hydrogen) atoms. The number of fused-ring (bicyclic) bond motifs is 2. The van der Waals surface area contributed by atoms with Crippen molar-refractivity contribution in [3.63, 3.8) is 0 Å². The molecule has 0 radical (unpaired) electrons. The van der Waals surface area contributed by atoms with Gasteiger partial charge in [-0.15, -0.1) is 0 Å². The number of rotatable bonds is 6. The molecule has 0 saturated carbocycles. The first kappa shape index (κ1) is 24.5. The Kier molecular flexibility index (Phi) is 7.55.